The average molecular weight is 283 g/mol. The van der Waals surface area contributed by atoms with E-state index < -0.39 is 17.1 Å². The highest BCUT2D eigenvalue weighted by molar-refractivity contribution is 5.48. The molecule has 7 heteroatoms. The van der Waals surface area contributed by atoms with Crippen LogP contribution in [-0.4, -0.2) is 42.1 Å². The van der Waals surface area contributed by atoms with Gasteiger partial charge in [0.1, 0.15) is 12.2 Å². The largest absolute Gasteiger partial charge is 0.493 e. The lowest BCUT2D eigenvalue weighted by Gasteiger charge is -2.40. The van der Waals surface area contributed by atoms with Gasteiger partial charge in [-0.2, -0.15) is 0 Å². The Balaban J connectivity index is 2.15. The van der Waals surface area contributed by atoms with Crippen molar-refractivity contribution >= 4 is 5.69 Å². The summed E-state index contributed by atoms with van der Waals surface area (Å²) in [5, 5.41) is 20.4. The van der Waals surface area contributed by atoms with Crippen LogP contribution in [0.1, 0.15) is 13.3 Å². The number of ether oxygens (including phenoxy) is 3. The lowest BCUT2D eigenvalue weighted by atomic mass is 9.88. The summed E-state index contributed by atoms with van der Waals surface area (Å²) in [5.74, 6) is 0.690. The van der Waals surface area contributed by atoms with Crippen molar-refractivity contribution in [2.75, 3.05) is 13.7 Å². The molecule has 110 valence electrons. The summed E-state index contributed by atoms with van der Waals surface area (Å²) in [5.41, 5.74) is -0.0753. The third-order valence-corrected chi connectivity index (χ3v) is 3.21. The number of hydrogen-bond donors (Lipinski definition) is 1. The van der Waals surface area contributed by atoms with Crippen LogP contribution in [0.2, 0.25) is 0 Å². The fourth-order valence-corrected chi connectivity index (χ4v) is 2.12. The number of rotatable bonds is 6. The van der Waals surface area contributed by atoms with Gasteiger partial charge in [0, 0.05) is 19.1 Å². The lowest BCUT2D eigenvalue weighted by Crippen LogP contribution is -2.55. The van der Waals surface area contributed by atoms with Crippen LogP contribution in [0.15, 0.2) is 18.2 Å². The van der Waals surface area contributed by atoms with Crippen molar-refractivity contribution in [2.24, 2.45) is 0 Å². The first-order chi connectivity index (χ1) is 9.56. The molecule has 1 aliphatic rings. The summed E-state index contributed by atoms with van der Waals surface area (Å²) < 4.78 is 16.2. The summed E-state index contributed by atoms with van der Waals surface area (Å²) >= 11 is 0. The maximum Gasteiger partial charge on any atom is 0.273 e. The Morgan fingerprint density at radius 1 is 1.45 bits per heavy atom. The summed E-state index contributed by atoms with van der Waals surface area (Å²) in [4.78, 5) is 10.3. The molecule has 20 heavy (non-hydrogen) atoms. The quantitative estimate of drug-likeness (QED) is 0.628. The van der Waals surface area contributed by atoms with Crippen LogP contribution in [-0.2, 0) is 4.74 Å². The zero-order valence-electron chi connectivity index (χ0n) is 11.3. The topological polar surface area (TPSA) is 91.1 Å². The number of aliphatic hydroxyl groups is 1. The molecule has 2 rings (SSSR count). The molecule has 0 radical (unpaired) electrons. The Hall–Kier alpha value is -1.86. The Labute approximate surface area is 116 Å². The van der Waals surface area contributed by atoms with Gasteiger partial charge >= 0.3 is 0 Å². The molecule has 0 amide bonds. The highest BCUT2D eigenvalue weighted by Crippen LogP contribution is 2.36. The zero-order chi connectivity index (χ0) is 14.7. The minimum Gasteiger partial charge on any atom is -0.493 e. The number of nitrogens with zero attached hydrogens (tertiary/aromatic N) is 1. The summed E-state index contributed by atoms with van der Waals surface area (Å²) in [6.45, 7) is 2.30. The van der Waals surface area contributed by atoms with E-state index in [1.165, 1.54) is 25.3 Å². The highest BCUT2D eigenvalue weighted by atomic mass is 16.6. The van der Waals surface area contributed by atoms with Crippen LogP contribution < -0.4 is 9.47 Å². The second kappa shape index (κ2) is 6.06. The number of benzene rings is 1. The van der Waals surface area contributed by atoms with Crippen LogP contribution >= 0.6 is 0 Å². The Kier molecular flexibility index (Phi) is 4.41. The molecule has 1 aromatic rings. The minimum absolute atomic E-state index is 0.0753. The van der Waals surface area contributed by atoms with Gasteiger partial charge in [-0.05, 0) is 13.0 Å². The third kappa shape index (κ3) is 2.83. The molecule has 3 atom stereocenters. The van der Waals surface area contributed by atoms with Gasteiger partial charge < -0.3 is 19.3 Å². The van der Waals surface area contributed by atoms with Crippen molar-refractivity contribution in [3.05, 3.63) is 28.3 Å². The smallest absolute Gasteiger partial charge is 0.273 e. The van der Waals surface area contributed by atoms with Crippen molar-refractivity contribution in [2.45, 2.75) is 31.7 Å². The van der Waals surface area contributed by atoms with E-state index in [9.17, 15) is 15.2 Å². The number of non-ortho nitro benzene ring substituents is 1. The average Bonchev–Trinajstić information content (AvgIpc) is 2.44. The predicted molar refractivity (Wildman–Crippen MR) is 70.1 cm³/mol. The number of nitro groups is 1. The van der Waals surface area contributed by atoms with Crippen molar-refractivity contribution < 1.29 is 24.2 Å². The first kappa shape index (κ1) is 14.5. The van der Waals surface area contributed by atoms with E-state index in [1.54, 1.807) is 0 Å². The number of aliphatic hydroxyl groups excluding tert-OH is 1. The number of hydrogen-bond acceptors (Lipinski definition) is 6. The summed E-state index contributed by atoms with van der Waals surface area (Å²) in [6.07, 6.45) is -0.884. The SMILES string of the molecule is CCOC1C(O)CC1Oc1cc([N+](=O)[O-])ccc1OC. The van der Waals surface area contributed by atoms with Gasteiger partial charge in [0.15, 0.2) is 11.5 Å². The highest BCUT2D eigenvalue weighted by Gasteiger charge is 2.43. The van der Waals surface area contributed by atoms with Gasteiger partial charge in [0.25, 0.3) is 5.69 Å². The predicted octanol–water partition coefficient (Wildman–Crippen LogP) is 1.52. The monoisotopic (exact) mass is 283 g/mol. The fourth-order valence-electron chi connectivity index (χ4n) is 2.12. The molecular formula is C13H17NO6. The zero-order valence-corrected chi connectivity index (χ0v) is 11.3. The van der Waals surface area contributed by atoms with E-state index in [1.807, 2.05) is 6.92 Å². The lowest BCUT2D eigenvalue weighted by molar-refractivity contribution is -0.385. The van der Waals surface area contributed by atoms with Crippen LogP contribution in [0.3, 0.4) is 0 Å². The maximum absolute atomic E-state index is 10.8. The van der Waals surface area contributed by atoms with Gasteiger partial charge in [-0.15, -0.1) is 0 Å². The van der Waals surface area contributed by atoms with E-state index >= 15 is 0 Å². The second-order valence-corrected chi connectivity index (χ2v) is 4.47. The molecule has 1 saturated carbocycles. The molecule has 0 heterocycles. The standard InChI is InChI=1S/C13H17NO6/c1-3-19-13-9(15)7-12(13)20-11-6-8(14(16)17)4-5-10(11)18-2/h4-6,9,12-13,15H,3,7H2,1-2H3. The van der Waals surface area contributed by atoms with E-state index in [0.717, 1.165) is 0 Å². The molecule has 0 aliphatic heterocycles. The Morgan fingerprint density at radius 3 is 2.75 bits per heavy atom. The van der Waals surface area contributed by atoms with Crippen LogP contribution in [0.4, 0.5) is 5.69 Å². The van der Waals surface area contributed by atoms with Crippen molar-refractivity contribution in [1.82, 2.24) is 0 Å². The first-order valence-corrected chi connectivity index (χ1v) is 6.35. The van der Waals surface area contributed by atoms with Crippen LogP contribution in [0, 0.1) is 10.1 Å². The summed E-state index contributed by atoms with van der Waals surface area (Å²) in [6, 6.07) is 4.14. The van der Waals surface area contributed by atoms with Gasteiger partial charge in [0.2, 0.25) is 0 Å². The molecule has 0 spiro atoms. The van der Waals surface area contributed by atoms with Gasteiger partial charge in [0.05, 0.1) is 24.2 Å². The van der Waals surface area contributed by atoms with Crippen LogP contribution in [0.5, 0.6) is 11.5 Å². The van der Waals surface area contributed by atoms with Gasteiger partial charge in [-0.3, -0.25) is 10.1 Å². The third-order valence-electron chi connectivity index (χ3n) is 3.21. The molecule has 0 saturated heterocycles. The minimum atomic E-state index is -0.565. The molecule has 0 aromatic heterocycles. The van der Waals surface area contributed by atoms with Gasteiger partial charge in [-0.25, -0.2) is 0 Å². The molecular weight excluding hydrogens is 266 g/mol. The fraction of sp³-hybridized carbons (Fsp3) is 0.538. The molecule has 1 aromatic carbocycles. The summed E-state index contributed by atoms with van der Waals surface area (Å²) in [7, 11) is 1.46. The molecule has 1 aliphatic carbocycles. The Morgan fingerprint density at radius 2 is 2.20 bits per heavy atom. The van der Waals surface area contributed by atoms with Gasteiger partial charge in [-0.1, -0.05) is 0 Å². The molecule has 3 unspecified atom stereocenters. The normalized spacial score (nSPS) is 24.9. The van der Waals surface area contributed by atoms with E-state index in [2.05, 4.69) is 0 Å². The van der Waals surface area contributed by atoms with Crippen molar-refractivity contribution in [3.8, 4) is 11.5 Å². The first-order valence-electron chi connectivity index (χ1n) is 6.35. The molecule has 7 nitrogen and oxygen atoms in total. The number of methoxy groups -OCH3 is 1. The van der Waals surface area contributed by atoms with Crippen molar-refractivity contribution in [1.29, 1.82) is 0 Å². The molecule has 1 fully saturated rings. The van der Waals surface area contributed by atoms with E-state index in [4.69, 9.17) is 14.2 Å². The molecule has 1 N–H and O–H groups in total. The van der Waals surface area contributed by atoms with Crippen molar-refractivity contribution in [3.63, 3.8) is 0 Å². The van der Waals surface area contributed by atoms with E-state index in [-0.39, 0.29) is 17.5 Å². The van der Waals surface area contributed by atoms with E-state index in [0.29, 0.717) is 18.8 Å². The number of nitro benzene ring substituents is 1. The second-order valence-electron chi connectivity index (χ2n) is 4.47. The maximum atomic E-state index is 10.8. The molecule has 0 bridgehead atoms. The van der Waals surface area contributed by atoms with Crippen LogP contribution in [0.25, 0.3) is 0 Å². The Bertz CT molecular complexity index is 492.